The summed E-state index contributed by atoms with van der Waals surface area (Å²) < 4.78 is 26.4. The van der Waals surface area contributed by atoms with E-state index in [1.807, 2.05) is 0 Å². The summed E-state index contributed by atoms with van der Waals surface area (Å²) in [7, 11) is -3.84. The lowest BCUT2D eigenvalue weighted by atomic mass is 10.1. The first-order valence-corrected chi connectivity index (χ1v) is 9.20. The van der Waals surface area contributed by atoms with Crippen molar-refractivity contribution in [2.75, 3.05) is 0 Å². The van der Waals surface area contributed by atoms with Crippen LogP contribution < -0.4 is 5.73 Å². The maximum Gasteiger partial charge on any atom is 0.325 e. The van der Waals surface area contributed by atoms with Crippen LogP contribution in [0, 0.1) is 0 Å². The molecule has 0 saturated heterocycles. The number of carboxylic acid groups (broad SMARTS) is 1. The van der Waals surface area contributed by atoms with Crippen molar-refractivity contribution >= 4 is 31.7 Å². The molecule has 7 heteroatoms. The number of rotatable bonds is 4. The number of sulfone groups is 1. The van der Waals surface area contributed by atoms with E-state index in [1.165, 1.54) is 12.1 Å². The van der Waals surface area contributed by atoms with Crippen molar-refractivity contribution in [1.29, 1.82) is 0 Å². The molecular formula is C16H14BrNO4S. The summed E-state index contributed by atoms with van der Waals surface area (Å²) in [6, 6.07) is 14.7. The van der Waals surface area contributed by atoms with Gasteiger partial charge in [-0.3, -0.25) is 4.79 Å². The predicted molar refractivity (Wildman–Crippen MR) is 88.9 cm³/mol. The molecule has 1 saturated carbocycles. The molecule has 1 aliphatic rings. The van der Waals surface area contributed by atoms with Crippen molar-refractivity contribution < 1.29 is 18.3 Å². The largest absolute Gasteiger partial charge is 0.480 e. The number of benzene rings is 2. The van der Waals surface area contributed by atoms with Crippen LogP contribution in [0.5, 0.6) is 0 Å². The first-order chi connectivity index (χ1) is 10.8. The van der Waals surface area contributed by atoms with Gasteiger partial charge >= 0.3 is 5.97 Å². The molecule has 0 spiro atoms. The Morgan fingerprint density at radius 1 is 1.09 bits per heavy atom. The van der Waals surface area contributed by atoms with Gasteiger partial charge in [0.05, 0.1) is 4.90 Å². The molecule has 0 heterocycles. The molecule has 0 amide bonds. The van der Waals surface area contributed by atoms with Crippen molar-refractivity contribution in [1.82, 2.24) is 0 Å². The Morgan fingerprint density at radius 2 is 1.65 bits per heavy atom. The Hall–Kier alpha value is -1.70. The number of aliphatic carboxylic acids is 1. The molecule has 0 radical (unpaired) electrons. The van der Waals surface area contributed by atoms with Crippen LogP contribution in [0.1, 0.15) is 11.5 Å². The molecule has 1 fully saturated rings. The Labute approximate surface area is 142 Å². The zero-order valence-corrected chi connectivity index (χ0v) is 14.3. The Kier molecular flexibility index (Phi) is 3.82. The monoisotopic (exact) mass is 395 g/mol. The highest BCUT2D eigenvalue weighted by Crippen LogP contribution is 2.55. The zero-order valence-electron chi connectivity index (χ0n) is 11.9. The number of carbonyl (C=O) groups is 1. The van der Waals surface area contributed by atoms with Crippen molar-refractivity contribution in [3.05, 3.63) is 64.6 Å². The van der Waals surface area contributed by atoms with Crippen molar-refractivity contribution in [3.8, 4) is 0 Å². The molecule has 0 unspecified atom stereocenters. The first-order valence-electron chi connectivity index (χ1n) is 6.86. The molecule has 3 N–H and O–H groups in total. The number of carboxylic acids is 1. The summed E-state index contributed by atoms with van der Waals surface area (Å²) in [5.74, 6) is -2.09. The summed E-state index contributed by atoms with van der Waals surface area (Å²) in [5, 5.41) is 8.30. The minimum atomic E-state index is -3.84. The Balaban J connectivity index is 2.07. The lowest BCUT2D eigenvalue weighted by molar-refractivity contribution is -0.139. The van der Waals surface area contributed by atoms with E-state index < -0.39 is 32.5 Å². The van der Waals surface area contributed by atoms with Gasteiger partial charge in [0.15, 0.2) is 9.84 Å². The van der Waals surface area contributed by atoms with E-state index >= 15 is 0 Å². The van der Waals surface area contributed by atoms with Crippen LogP contribution in [-0.2, 0) is 14.6 Å². The maximum atomic E-state index is 12.8. The van der Waals surface area contributed by atoms with Crippen molar-refractivity contribution in [2.45, 2.75) is 21.6 Å². The summed E-state index contributed by atoms with van der Waals surface area (Å²) in [4.78, 5) is 11.7. The van der Waals surface area contributed by atoms with E-state index in [4.69, 9.17) is 5.73 Å². The van der Waals surface area contributed by atoms with Crippen LogP contribution in [0.3, 0.4) is 0 Å². The molecular weight excluding hydrogens is 382 g/mol. The van der Waals surface area contributed by atoms with E-state index in [2.05, 4.69) is 15.9 Å². The normalized spacial score (nSPS) is 26.7. The Morgan fingerprint density at radius 3 is 2.17 bits per heavy atom. The van der Waals surface area contributed by atoms with Gasteiger partial charge in [-0.15, -0.1) is 0 Å². The van der Waals surface area contributed by atoms with Crippen LogP contribution >= 0.6 is 15.9 Å². The molecule has 5 nitrogen and oxygen atoms in total. The topological polar surface area (TPSA) is 97.5 Å². The molecule has 2 aromatic carbocycles. The molecule has 2 aromatic rings. The van der Waals surface area contributed by atoms with Gasteiger partial charge in [0.2, 0.25) is 0 Å². The van der Waals surface area contributed by atoms with E-state index in [1.54, 1.807) is 42.5 Å². The van der Waals surface area contributed by atoms with Crippen LogP contribution in [0.2, 0.25) is 0 Å². The maximum absolute atomic E-state index is 12.8. The number of halogens is 1. The summed E-state index contributed by atoms with van der Waals surface area (Å²) in [5.41, 5.74) is 4.76. The third-order valence-corrected chi connectivity index (χ3v) is 6.97. The molecule has 1 aliphatic carbocycles. The lowest BCUT2D eigenvalue weighted by Gasteiger charge is -2.06. The Bertz CT molecular complexity index is 851. The van der Waals surface area contributed by atoms with E-state index in [9.17, 15) is 18.3 Å². The third kappa shape index (κ3) is 2.49. The van der Waals surface area contributed by atoms with Gasteiger partial charge in [0, 0.05) is 10.4 Å². The smallest absolute Gasteiger partial charge is 0.325 e. The van der Waals surface area contributed by atoms with Gasteiger partial charge in [-0.1, -0.05) is 46.3 Å². The standard InChI is InChI=1S/C16H14BrNO4S/c17-11-8-6-10(7-9-11)13-14(16(13,18)15(19)20)23(21,22)12-4-2-1-3-5-12/h1-9,13-14H,18H2,(H,19,20)/t13-,14+,16+/m0/s1. The van der Waals surface area contributed by atoms with Gasteiger partial charge in [-0.25, -0.2) is 8.42 Å². The van der Waals surface area contributed by atoms with Gasteiger partial charge in [-0.2, -0.15) is 0 Å². The fourth-order valence-electron chi connectivity index (χ4n) is 2.94. The molecule has 3 atom stereocenters. The van der Waals surface area contributed by atoms with E-state index in [0.29, 0.717) is 5.56 Å². The summed E-state index contributed by atoms with van der Waals surface area (Å²) in [6.07, 6.45) is 0. The summed E-state index contributed by atoms with van der Waals surface area (Å²) >= 11 is 3.30. The highest BCUT2D eigenvalue weighted by Gasteiger charge is 2.74. The minimum Gasteiger partial charge on any atom is -0.480 e. The lowest BCUT2D eigenvalue weighted by Crippen LogP contribution is -2.39. The highest BCUT2D eigenvalue weighted by molar-refractivity contribution is 9.10. The van der Waals surface area contributed by atoms with Crippen LogP contribution in [0.4, 0.5) is 0 Å². The summed E-state index contributed by atoms with van der Waals surface area (Å²) in [6.45, 7) is 0. The quantitative estimate of drug-likeness (QED) is 0.826. The number of hydrogen-bond donors (Lipinski definition) is 2. The highest BCUT2D eigenvalue weighted by atomic mass is 79.9. The van der Waals surface area contributed by atoms with Gasteiger partial charge in [-0.05, 0) is 29.8 Å². The third-order valence-electron chi connectivity index (χ3n) is 4.18. The van der Waals surface area contributed by atoms with Gasteiger partial charge < -0.3 is 10.8 Å². The molecule has 3 rings (SSSR count). The van der Waals surface area contributed by atoms with Crippen molar-refractivity contribution in [3.63, 3.8) is 0 Å². The van der Waals surface area contributed by atoms with Crippen LogP contribution in [-0.4, -0.2) is 30.3 Å². The number of hydrogen-bond acceptors (Lipinski definition) is 4. The molecule has 0 bridgehead atoms. The van der Waals surface area contributed by atoms with Crippen molar-refractivity contribution in [2.24, 2.45) is 5.73 Å². The van der Waals surface area contributed by atoms with E-state index in [-0.39, 0.29) is 4.90 Å². The molecule has 0 aliphatic heterocycles. The predicted octanol–water partition coefficient (Wildman–Crippen LogP) is 2.17. The van der Waals surface area contributed by atoms with Crippen LogP contribution in [0.15, 0.2) is 64.0 Å². The fraction of sp³-hybridized carbons (Fsp3) is 0.188. The minimum absolute atomic E-state index is 0.0840. The molecule has 120 valence electrons. The van der Waals surface area contributed by atoms with Crippen LogP contribution in [0.25, 0.3) is 0 Å². The van der Waals surface area contributed by atoms with Gasteiger partial charge in [0.25, 0.3) is 0 Å². The second kappa shape index (κ2) is 5.43. The van der Waals surface area contributed by atoms with E-state index in [0.717, 1.165) is 4.47 Å². The molecule has 23 heavy (non-hydrogen) atoms. The van der Waals surface area contributed by atoms with Gasteiger partial charge in [0.1, 0.15) is 10.8 Å². The fourth-order valence-corrected chi connectivity index (χ4v) is 5.46. The average molecular weight is 396 g/mol. The second-order valence-corrected chi connectivity index (χ2v) is 8.53. The average Bonchev–Trinajstić information content (AvgIpc) is 3.18. The SMILES string of the molecule is N[C@@]1(C(=O)O)[C@H](S(=O)(=O)c2ccccc2)[C@@H]1c1ccc(Br)cc1. The number of nitrogens with two attached hydrogens (primary N) is 1. The second-order valence-electron chi connectivity index (χ2n) is 5.55. The zero-order chi connectivity index (χ0) is 16.8. The first kappa shape index (κ1) is 16.2. The molecule has 0 aromatic heterocycles.